The highest BCUT2D eigenvalue weighted by Crippen LogP contribution is 2.54. The van der Waals surface area contributed by atoms with Gasteiger partial charge in [-0.15, -0.1) is 0 Å². The lowest BCUT2D eigenvalue weighted by atomic mass is 9.95. The van der Waals surface area contributed by atoms with Gasteiger partial charge in [-0.25, -0.2) is 0 Å². The number of fused-ring (bicyclic) bond motifs is 2. The van der Waals surface area contributed by atoms with E-state index in [0.717, 1.165) is 32.1 Å². The minimum atomic E-state index is 0.0325. The first-order chi connectivity index (χ1) is 6.24. The van der Waals surface area contributed by atoms with Crippen LogP contribution in [0.5, 0.6) is 0 Å². The zero-order valence-corrected chi connectivity index (χ0v) is 7.92. The Balaban J connectivity index is 2.09. The molecular formula is C11H16O2. The van der Waals surface area contributed by atoms with E-state index in [1.807, 2.05) is 0 Å². The van der Waals surface area contributed by atoms with E-state index in [-0.39, 0.29) is 11.2 Å². The quantitative estimate of drug-likeness (QED) is 0.619. The molecule has 13 heavy (non-hydrogen) atoms. The van der Waals surface area contributed by atoms with Crippen molar-refractivity contribution in [3.05, 3.63) is 25.7 Å². The van der Waals surface area contributed by atoms with Crippen molar-refractivity contribution in [1.82, 2.24) is 0 Å². The summed E-state index contributed by atoms with van der Waals surface area (Å²) in [6.45, 7) is 7.24. The molecule has 0 aliphatic heterocycles. The molecule has 0 amide bonds. The molecule has 0 saturated heterocycles. The molecular weight excluding hydrogens is 164 g/mol. The molecule has 2 saturated carbocycles. The Kier molecular flexibility index (Phi) is 1.86. The van der Waals surface area contributed by atoms with Crippen LogP contribution in [-0.4, -0.2) is 11.2 Å². The predicted octanol–water partition coefficient (Wildman–Crippen LogP) is 2.76. The molecule has 2 aliphatic rings. The molecule has 2 nitrogen and oxygen atoms in total. The molecule has 2 rings (SSSR count). The van der Waals surface area contributed by atoms with Crippen LogP contribution >= 0.6 is 0 Å². The SMILES string of the molecule is C=COC12CCC(OC=C)(CC1)C2. The normalized spacial score (nSPS) is 41.5. The van der Waals surface area contributed by atoms with E-state index in [0.29, 0.717) is 0 Å². The Labute approximate surface area is 79.2 Å². The van der Waals surface area contributed by atoms with Crippen LogP contribution in [0.1, 0.15) is 32.1 Å². The van der Waals surface area contributed by atoms with Gasteiger partial charge in [-0.2, -0.15) is 0 Å². The van der Waals surface area contributed by atoms with Gasteiger partial charge in [0.25, 0.3) is 0 Å². The van der Waals surface area contributed by atoms with Crippen LogP contribution in [-0.2, 0) is 9.47 Å². The summed E-state index contributed by atoms with van der Waals surface area (Å²) < 4.78 is 11.2. The average Bonchev–Trinajstić information content (AvgIpc) is 2.61. The van der Waals surface area contributed by atoms with Crippen molar-refractivity contribution in [2.75, 3.05) is 0 Å². The molecule has 2 aliphatic carbocycles. The summed E-state index contributed by atoms with van der Waals surface area (Å²) in [6.07, 6.45) is 8.49. The fourth-order valence-corrected chi connectivity index (χ4v) is 2.77. The summed E-state index contributed by atoms with van der Waals surface area (Å²) in [6, 6.07) is 0. The van der Waals surface area contributed by atoms with E-state index < -0.39 is 0 Å². The van der Waals surface area contributed by atoms with Crippen LogP contribution in [0.15, 0.2) is 25.7 Å². The van der Waals surface area contributed by atoms with Gasteiger partial charge in [0.2, 0.25) is 0 Å². The first-order valence-corrected chi connectivity index (χ1v) is 4.82. The van der Waals surface area contributed by atoms with Crippen LogP contribution in [0, 0.1) is 0 Å². The van der Waals surface area contributed by atoms with Crippen molar-refractivity contribution >= 4 is 0 Å². The fourth-order valence-electron chi connectivity index (χ4n) is 2.77. The van der Waals surface area contributed by atoms with E-state index in [2.05, 4.69) is 13.2 Å². The summed E-state index contributed by atoms with van der Waals surface area (Å²) in [5.41, 5.74) is 0.0650. The highest BCUT2D eigenvalue weighted by atomic mass is 16.5. The lowest BCUT2D eigenvalue weighted by Gasteiger charge is -2.26. The second-order valence-electron chi connectivity index (χ2n) is 4.11. The van der Waals surface area contributed by atoms with E-state index in [4.69, 9.17) is 9.47 Å². The molecule has 0 aromatic carbocycles. The molecule has 0 unspecified atom stereocenters. The molecule has 0 atom stereocenters. The molecule has 72 valence electrons. The number of ether oxygens (including phenoxy) is 2. The Bertz CT molecular complexity index is 200. The highest BCUT2D eigenvalue weighted by Gasteiger charge is 2.56. The minimum Gasteiger partial charge on any atom is -0.495 e. The third-order valence-electron chi connectivity index (χ3n) is 3.38. The molecule has 2 fully saturated rings. The lowest BCUT2D eigenvalue weighted by Crippen LogP contribution is -2.24. The molecule has 2 bridgehead atoms. The molecule has 0 spiro atoms. The van der Waals surface area contributed by atoms with Crippen molar-refractivity contribution in [3.63, 3.8) is 0 Å². The minimum absolute atomic E-state index is 0.0325. The van der Waals surface area contributed by atoms with Gasteiger partial charge in [0.05, 0.1) is 12.5 Å². The molecule has 0 aromatic heterocycles. The summed E-state index contributed by atoms with van der Waals surface area (Å²) in [4.78, 5) is 0. The van der Waals surface area contributed by atoms with Crippen LogP contribution in [0.3, 0.4) is 0 Å². The van der Waals surface area contributed by atoms with Crippen LogP contribution < -0.4 is 0 Å². The van der Waals surface area contributed by atoms with Crippen molar-refractivity contribution < 1.29 is 9.47 Å². The number of hydrogen-bond acceptors (Lipinski definition) is 2. The standard InChI is InChI=1S/C11H16O2/c1-3-12-10-5-7-11(9-10,8-6-10)13-4-2/h3-4H,1-2,5-9H2. The van der Waals surface area contributed by atoms with Gasteiger partial charge in [0.15, 0.2) is 0 Å². The maximum Gasteiger partial charge on any atom is 0.112 e. The fraction of sp³-hybridized carbons (Fsp3) is 0.636. The van der Waals surface area contributed by atoms with Crippen LogP contribution in [0.2, 0.25) is 0 Å². The van der Waals surface area contributed by atoms with E-state index >= 15 is 0 Å². The number of rotatable bonds is 4. The first kappa shape index (κ1) is 8.67. The average molecular weight is 180 g/mol. The van der Waals surface area contributed by atoms with Gasteiger partial charge >= 0.3 is 0 Å². The van der Waals surface area contributed by atoms with Crippen molar-refractivity contribution in [3.8, 4) is 0 Å². The van der Waals surface area contributed by atoms with Gasteiger partial charge < -0.3 is 9.47 Å². The maximum atomic E-state index is 5.60. The van der Waals surface area contributed by atoms with Crippen molar-refractivity contribution in [1.29, 1.82) is 0 Å². The third-order valence-corrected chi connectivity index (χ3v) is 3.38. The smallest absolute Gasteiger partial charge is 0.112 e. The maximum absolute atomic E-state index is 5.60. The Morgan fingerprint density at radius 1 is 0.846 bits per heavy atom. The molecule has 0 aromatic rings. The van der Waals surface area contributed by atoms with Crippen LogP contribution in [0.25, 0.3) is 0 Å². The Morgan fingerprint density at radius 2 is 1.23 bits per heavy atom. The first-order valence-electron chi connectivity index (χ1n) is 4.82. The second kappa shape index (κ2) is 2.79. The van der Waals surface area contributed by atoms with E-state index in [1.165, 1.54) is 0 Å². The summed E-state index contributed by atoms with van der Waals surface area (Å²) in [7, 11) is 0. The second-order valence-corrected chi connectivity index (χ2v) is 4.11. The predicted molar refractivity (Wildman–Crippen MR) is 51.1 cm³/mol. The van der Waals surface area contributed by atoms with E-state index in [9.17, 15) is 0 Å². The van der Waals surface area contributed by atoms with Gasteiger partial charge in [0.1, 0.15) is 11.2 Å². The Morgan fingerprint density at radius 3 is 1.54 bits per heavy atom. The zero-order valence-electron chi connectivity index (χ0n) is 7.92. The monoisotopic (exact) mass is 180 g/mol. The van der Waals surface area contributed by atoms with Crippen molar-refractivity contribution in [2.45, 2.75) is 43.3 Å². The molecule has 0 radical (unpaired) electrons. The van der Waals surface area contributed by atoms with E-state index in [1.54, 1.807) is 12.5 Å². The zero-order chi connectivity index (χ0) is 9.36. The van der Waals surface area contributed by atoms with Gasteiger partial charge in [-0.05, 0) is 25.7 Å². The summed E-state index contributed by atoms with van der Waals surface area (Å²) in [5.74, 6) is 0. The van der Waals surface area contributed by atoms with Crippen LogP contribution in [0.4, 0.5) is 0 Å². The largest absolute Gasteiger partial charge is 0.495 e. The number of hydrogen-bond donors (Lipinski definition) is 0. The molecule has 0 heterocycles. The molecule has 2 heteroatoms. The van der Waals surface area contributed by atoms with Gasteiger partial charge in [-0.1, -0.05) is 13.2 Å². The lowest BCUT2D eigenvalue weighted by molar-refractivity contribution is 0.0293. The van der Waals surface area contributed by atoms with Crippen molar-refractivity contribution in [2.24, 2.45) is 0 Å². The topological polar surface area (TPSA) is 18.5 Å². The summed E-state index contributed by atoms with van der Waals surface area (Å²) >= 11 is 0. The summed E-state index contributed by atoms with van der Waals surface area (Å²) in [5, 5.41) is 0. The third kappa shape index (κ3) is 1.25. The van der Waals surface area contributed by atoms with Gasteiger partial charge in [0, 0.05) is 6.42 Å². The Hall–Kier alpha value is -0.920. The molecule has 0 N–H and O–H groups in total. The van der Waals surface area contributed by atoms with Gasteiger partial charge in [-0.3, -0.25) is 0 Å². The highest BCUT2D eigenvalue weighted by molar-refractivity contribution is 5.09.